The zero-order valence-corrected chi connectivity index (χ0v) is 13.3. The van der Waals surface area contributed by atoms with Crippen molar-refractivity contribution in [1.82, 2.24) is 10.9 Å². The number of hydrogen-bond acceptors (Lipinski definition) is 3. The van der Waals surface area contributed by atoms with Crippen LogP contribution in [0.5, 0.6) is 5.75 Å². The summed E-state index contributed by atoms with van der Waals surface area (Å²) >= 11 is 0. The van der Waals surface area contributed by atoms with E-state index in [-0.39, 0.29) is 0 Å². The van der Waals surface area contributed by atoms with Gasteiger partial charge in [-0.2, -0.15) is 0 Å². The maximum Gasteiger partial charge on any atom is 0.337 e. The number of urea groups is 1. The molecule has 2 aromatic rings. The van der Waals surface area contributed by atoms with Crippen LogP contribution in [0, 0.1) is 12.7 Å². The third-order valence-corrected chi connectivity index (χ3v) is 3.07. The zero-order valence-electron chi connectivity index (χ0n) is 13.3. The third-order valence-electron chi connectivity index (χ3n) is 3.07. The van der Waals surface area contributed by atoms with Gasteiger partial charge in [-0.1, -0.05) is 12.1 Å². The van der Waals surface area contributed by atoms with Crippen molar-refractivity contribution in [3.8, 4) is 5.75 Å². The van der Waals surface area contributed by atoms with Gasteiger partial charge in [0.25, 0.3) is 5.91 Å². The van der Waals surface area contributed by atoms with E-state index in [0.29, 0.717) is 11.4 Å². The molecule has 0 aliphatic rings. The van der Waals surface area contributed by atoms with Gasteiger partial charge >= 0.3 is 6.03 Å². The lowest BCUT2D eigenvalue weighted by Gasteiger charge is -2.15. The second kappa shape index (κ2) is 7.96. The first-order valence-corrected chi connectivity index (χ1v) is 7.30. The molecule has 0 aromatic heterocycles. The molecule has 1 atom stereocenters. The quantitative estimate of drug-likeness (QED) is 0.754. The fourth-order valence-electron chi connectivity index (χ4n) is 1.86. The number of rotatable bonds is 4. The Labute approximate surface area is 139 Å². The average molecular weight is 331 g/mol. The van der Waals surface area contributed by atoms with E-state index in [1.54, 1.807) is 19.1 Å². The number of carbonyl (C=O) groups excluding carboxylic acids is 2. The van der Waals surface area contributed by atoms with Crippen molar-refractivity contribution in [2.45, 2.75) is 20.0 Å². The molecule has 6 nitrogen and oxygen atoms in total. The van der Waals surface area contributed by atoms with Gasteiger partial charge in [-0.3, -0.25) is 10.2 Å². The molecular formula is C17H18FN3O3. The lowest BCUT2D eigenvalue weighted by atomic mass is 10.2. The Balaban J connectivity index is 1.79. The van der Waals surface area contributed by atoms with Crippen LogP contribution in [0.1, 0.15) is 12.5 Å². The molecule has 0 saturated heterocycles. The predicted octanol–water partition coefficient (Wildman–Crippen LogP) is 2.75. The van der Waals surface area contributed by atoms with Gasteiger partial charge < -0.3 is 10.1 Å². The van der Waals surface area contributed by atoms with Gasteiger partial charge in [0.15, 0.2) is 6.10 Å². The number of nitrogens with one attached hydrogen (secondary N) is 3. The molecule has 3 amide bonds. The second-order valence-corrected chi connectivity index (χ2v) is 5.15. The van der Waals surface area contributed by atoms with Crippen molar-refractivity contribution in [3.05, 3.63) is 59.9 Å². The molecule has 24 heavy (non-hydrogen) atoms. The van der Waals surface area contributed by atoms with E-state index in [0.717, 1.165) is 5.56 Å². The van der Waals surface area contributed by atoms with Gasteiger partial charge in [0.2, 0.25) is 0 Å². The number of hydrogen-bond donors (Lipinski definition) is 3. The van der Waals surface area contributed by atoms with Crippen LogP contribution in [0.3, 0.4) is 0 Å². The van der Waals surface area contributed by atoms with Crippen LogP contribution in [0.15, 0.2) is 48.5 Å². The molecule has 0 fully saturated rings. The molecule has 7 heteroatoms. The number of aryl methyl sites for hydroxylation is 1. The highest BCUT2D eigenvalue weighted by Gasteiger charge is 2.15. The van der Waals surface area contributed by atoms with Crippen LogP contribution < -0.4 is 20.9 Å². The summed E-state index contributed by atoms with van der Waals surface area (Å²) in [5.74, 6) is -0.351. The van der Waals surface area contributed by atoms with Gasteiger partial charge in [-0.15, -0.1) is 0 Å². The van der Waals surface area contributed by atoms with Gasteiger partial charge in [-0.25, -0.2) is 14.6 Å². The average Bonchev–Trinajstić information content (AvgIpc) is 2.54. The van der Waals surface area contributed by atoms with E-state index in [1.807, 2.05) is 19.1 Å². The van der Waals surface area contributed by atoms with Crippen molar-refractivity contribution in [1.29, 1.82) is 0 Å². The van der Waals surface area contributed by atoms with Crippen LogP contribution in [0.4, 0.5) is 14.9 Å². The van der Waals surface area contributed by atoms with E-state index in [1.165, 1.54) is 24.3 Å². The van der Waals surface area contributed by atoms with Crippen LogP contribution in [0.2, 0.25) is 0 Å². The number of hydrazine groups is 1. The molecule has 0 spiro atoms. The third kappa shape index (κ3) is 5.28. The lowest BCUT2D eigenvalue weighted by Crippen LogP contribution is -2.48. The summed E-state index contributed by atoms with van der Waals surface area (Å²) < 4.78 is 18.3. The summed E-state index contributed by atoms with van der Waals surface area (Å²) in [5, 5.41) is 2.45. The fraction of sp³-hybridized carbons (Fsp3) is 0.176. The van der Waals surface area contributed by atoms with E-state index in [4.69, 9.17) is 4.74 Å². The van der Waals surface area contributed by atoms with Crippen molar-refractivity contribution in [2.24, 2.45) is 0 Å². The Morgan fingerprint density at radius 1 is 1.08 bits per heavy atom. The molecule has 0 aliphatic heterocycles. The largest absolute Gasteiger partial charge is 0.481 e. The number of halogens is 1. The van der Waals surface area contributed by atoms with Crippen molar-refractivity contribution in [2.75, 3.05) is 5.32 Å². The van der Waals surface area contributed by atoms with E-state index in [2.05, 4.69) is 16.2 Å². The molecule has 2 aromatic carbocycles. The summed E-state index contributed by atoms with van der Waals surface area (Å²) in [6.07, 6.45) is -0.794. The smallest absolute Gasteiger partial charge is 0.337 e. The molecule has 0 saturated carbocycles. The summed E-state index contributed by atoms with van der Waals surface area (Å²) in [5.41, 5.74) is 5.86. The van der Waals surface area contributed by atoms with Crippen LogP contribution in [0.25, 0.3) is 0 Å². The standard InChI is InChI=1S/C17H18FN3O3/c1-11-4-3-5-15(10-11)24-12(2)16(22)20-21-17(23)19-14-8-6-13(18)7-9-14/h3-10,12H,1-2H3,(H,20,22)(H2,19,21,23)/t12-/m0/s1. The highest BCUT2D eigenvalue weighted by Crippen LogP contribution is 2.14. The minimum absolute atomic E-state index is 0.396. The normalized spacial score (nSPS) is 11.3. The topological polar surface area (TPSA) is 79.5 Å². The van der Waals surface area contributed by atoms with Gasteiger partial charge in [0, 0.05) is 5.69 Å². The maximum absolute atomic E-state index is 12.8. The summed E-state index contributed by atoms with van der Waals surface area (Å²) in [6, 6.07) is 11.9. The van der Waals surface area contributed by atoms with E-state index >= 15 is 0 Å². The molecule has 0 radical (unpaired) electrons. The van der Waals surface area contributed by atoms with Crippen molar-refractivity contribution >= 4 is 17.6 Å². The van der Waals surface area contributed by atoms with Crippen molar-refractivity contribution < 1.29 is 18.7 Å². The van der Waals surface area contributed by atoms with Gasteiger partial charge in [0.1, 0.15) is 11.6 Å². The highest BCUT2D eigenvalue weighted by molar-refractivity contribution is 5.91. The SMILES string of the molecule is Cc1cccc(O[C@@H](C)C(=O)NNC(=O)Nc2ccc(F)cc2)c1. The summed E-state index contributed by atoms with van der Waals surface area (Å²) in [4.78, 5) is 23.6. The van der Waals surface area contributed by atoms with Crippen LogP contribution in [-0.4, -0.2) is 18.0 Å². The number of anilines is 1. The molecule has 2 rings (SSSR count). The number of benzene rings is 2. The number of amides is 3. The molecule has 3 N–H and O–H groups in total. The van der Waals surface area contributed by atoms with Gasteiger partial charge in [-0.05, 0) is 55.8 Å². The predicted molar refractivity (Wildman–Crippen MR) is 88.0 cm³/mol. The highest BCUT2D eigenvalue weighted by atomic mass is 19.1. The number of ether oxygens (including phenoxy) is 1. The van der Waals surface area contributed by atoms with Gasteiger partial charge in [0.05, 0.1) is 0 Å². The molecule has 126 valence electrons. The first kappa shape index (κ1) is 17.3. The monoisotopic (exact) mass is 331 g/mol. The fourth-order valence-corrected chi connectivity index (χ4v) is 1.86. The number of carbonyl (C=O) groups is 2. The molecule has 0 bridgehead atoms. The summed E-state index contributed by atoms with van der Waals surface area (Å²) in [6.45, 7) is 3.48. The first-order valence-electron chi connectivity index (χ1n) is 7.30. The Hall–Kier alpha value is -3.09. The Morgan fingerprint density at radius 2 is 1.79 bits per heavy atom. The zero-order chi connectivity index (χ0) is 17.5. The van der Waals surface area contributed by atoms with E-state index < -0.39 is 23.9 Å². The van der Waals surface area contributed by atoms with Crippen LogP contribution >= 0.6 is 0 Å². The molecular weight excluding hydrogens is 313 g/mol. The molecule has 0 unspecified atom stereocenters. The Bertz CT molecular complexity index is 719. The minimum Gasteiger partial charge on any atom is -0.481 e. The minimum atomic E-state index is -0.794. The first-order chi connectivity index (χ1) is 11.4. The maximum atomic E-state index is 12.8. The lowest BCUT2D eigenvalue weighted by molar-refractivity contribution is -0.127. The Morgan fingerprint density at radius 3 is 2.46 bits per heavy atom. The Kier molecular flexibility index (Phi) is 5.73. The van der Waals surface area contributed by atoms with E-state index in [9.17, 15) is 14.0 Å². The second-order valence-electron chi connectivity index (χ2n) is 5.15. The summed E-state index contributed by atoms with van der Waals surface area (Å²) in [7, 11) is 0. The molecule has 0 heterocycles. The van der Waals surface area contributed by atoms with Crippen molar-refractivity contribution in [3.63, 3.8) is 0 Å². The molecule has 0 aliphatic carbocycles. The van der Waals surface area contributed by atoms with Crippen LogP contribution in [-0.2, 0) is 4.79 Å².